The maximum atomic E-state index is 12.3. The minimum Gasteiger partial charge on any atom is -0.344 e. The predicted octanol–water partition coefficient (Wildman–Crippen LogP) is -2.97. The van der Waals surface area contributed by atoms with Gasteiger partial charge in [0.1, 0.15) is 12.1 Å². The van der Waals surface area contributed by atoms with E-state index in [1.54, 1.807) is 0 Å². The number of hydrogen-bond donors (Lipinski definition) is 4. The van der Waals surface area contributed by atoms with Crippen LogP contribution in [0, 0.1) is 0 Å². The van der Waals surface area contributed by atoms with E-state index >= 15 is 0 Å². The second-order valence-corrected chi connectivity index (χ2v) is 7.15. The third kappa shape index (κ3) is 4.89. The van der Waals surface area contributed by atoms with Crippen LogP contribution in [0.2, 0.25) is 0 Å². The average Bonchev–Trinajstić information content (AvgIpc) is 3.09. The molecule has 4 N–H and O–H groups in total. The average molecular weight is 414 g/mol. The normalized spacial score (nSPS) is 27.1. The summed E-state index contributed by atoms with van der Waals surface area (Å²) in [6.07, 6.45) is 1.02. The molecule has 1 radical (unpaired) electrons. The zero-order valence-corrected chi connectivity index (χ0v) is 17.2. The number of rotatable bonds is 4. The van der Waals surface area contributed by atoms with Crippen LogP contribution in [0.5, 0.6) is 0 Å². The summed E-state index contributed by atoms with van der Waals surface area (Å²) >= 11 is 0. The van der Waals surface area contributed by atoms with E-state index in [1.165, 1.54) is 0 Å². The number of urea groups is 1. The van der Waals surface area contributed by atoms with E-state index in [9.17, 15) is 27.6 Å². The van der Waals surface area contributed by atoms with Crippen molar-refractivity contribution in [3.8, 4) is 0 Å². The largest absolute Gasteiger partial charge is 0.418 e. The minimum atomic E-state index is -4.87. The van der Waals surface area contributed by atoms with Gasteiger partial charge >= 0.3 is 16.4 Å². The SMILES string of the molecule is O=C1CC[C@@H](C(=O)NNC(=O)[C@@H]2CC[C@@H]3CN2C(=O)N3OS(=O)(=O)O)N1.[Na]. The summed E-state index contributed by atoms with van der Waals surface area (Å²) in [4.78, 5) is 48.5. The molecule has 3 fully saturated rings. The van der Waals surface area contributed by atoms with Crippen LogP contribution in [0.1, 0.15) is 25.7 Å². The molecule has 3 aliphatic heterocycles. The Kier molecular flexibility index (Phi) is 6.70. The van der Waals surface area contributed by atoms with Crippen molar-refractivity contribution in [3.63, 3.8) is 0 Å². The Balaban J connectivity index is 0.00000261. The van der Waals surface area contributed by atoms with Gasteiger partial charge in [-0.2, -0.15) is 13.5 Å². The monoisotopic (exact) mass is 414 g/mol. The molecule has 3 aliphatic rings. The molecule has 3 saturated heterocycles. The first-order valence-electron chi connectivity index (χ1n) is 7.81. The van der Waals surface area contributed by atoms with Crippen LogP contribution in [0.25, 0.3) is 0 Å². The fourth-order valence-corrected chi connectivity index (χ4v) is 3.60. The van der Waals surface area contributed by atoms with Gasteiger partial charge in [-0.3, -0.25) is 29.8 Å². The third-order valence-corrected chi connectivity index (χ3v) is 4.77. The van der Waals surface area contributed by atoms with Gasteiger partial charge in [0.15, 0.2) is 0 Å². The van der Waals surface area contributed by atoms with E-state index in [0.29, 0.717) is 11.5 Å². The molecule has 3 rings (SSSR count). The van der Waals surface area contributed by atoms with Gasteiger partial charge in [0.05, 0.1) is 6.04 Å². The van der Waals surface area contributed by atoms with E-state index in [4.69, 9.17) is 4.55 Å². The quantitative estimate of drug-likeness (QED) is 0.214. The summed E-state index contributed by atoms with van der Waals surface area (Å²) < 4.78 is 34.7. The van der Waals surface area contributed by atoms with Gasteiger partial charge in [-0.25, -0.2) is 4.79 Å². The Morgan fingerprint density at radius 1 is 1.15 bits per heavy atom. The van der Waals surface area contributed by atoms with Crippen molar-refractivity contribution >= 4 is 63.7 Å². The molecule has 5 amide bonds. The van der Waals surface area contributed by atoms with Crippen LogP contribution in [0.3, 0.4) is 0 Å². The molecule has 13 nitrogen and oxygen atoms in total. The molecule has 3 atom stereocenters. The Morgan fingerprint density at radius 2 is 1.81 bits per heavy atom. The number of carbonyl (C=O) groups is 4. The van der Waals surface area contributed by atoms with Crippen LogP contribution in [0.15, 0.2) is 0 Å². The summed E-state index contributed by atoms with van der Waals surface area (Å²) in [7, 11) is -4.87. The zero-order valence-electron chi connectivity index (χ0n) is 14.4. The van der Waals surface area contributed by atoms with Gasteiger partial charge in [-0.1, -0.05) is 0 Å². The van der Waals surface area contributed by atoms with Crippen molar-refractivity contribution in [2.24, 2.45) is 0 Å². The standard InChI is InChI=1S/C12H17N5O8S.Na/c18-9-4-2-7(13-9)10(19)14-15-11(20)8-3-1-6-5-16(8)12(21)17(6)25-26(22,23)24;/h6-8H,1-5H2,(H,13,18)(H,14,19)(H,15,20)(H,22,23,24);/t6-,7+,8+;/m1./s1. The third-order valence-electron chi connectivity index (χ3n) is 4.42. The molecule has 0 saturated carbocycles. The van der Waals surface area contributed by atoms with Crippen LogP contribution in [-0.4, -0.2) is 101 Å². The van der Waals surface area contributed by atoms with Gasteiger partial charge in [0.25, 0.3) is 11.8 Å². The van der Waals surface area contributed by atoms with Crippen molar-refractivity contribution in [3.05, 3.63) is 0 Å². The Labute approximate surface area is 176 Å². The van der Waals surface area contributed by atoms with E-state index in [1.807, 2.05) is 0 Å². The first-order valence-corrected chi connectivity index (χ1v) is 9.18. The number of piperidine rings is 1. The van der Waals surface area contributed by atoms with Gasteiger partial charge in [0, 0.05) is 42.5 Å². The number of amides is 5. The zero-order chi connectivity index (χ0) is 19.1. The smallest absolute Gasteiger partial charge is 0.344 e. The second kappa shape index (κ2) is 8.28. The first-order chi connectivity index (χ1) is 12.2. The van der Waals surface area contributed by atoms with Gasteiger partial charge in [-0.15, -0.1) is 4.28 Å². The van der Waals surface area contributed by atoms with Crippen LogP contribution < -0.4 is 16.2 Å². The van der Waals surface area contributed by atoms with E-state index in [0.717, 1.165) is 4.90 Å². The number of hydrazine groups is 1. The Morgan fingerprint density at radius 3 is 2.41 bits per heavy atom. The molecule has 15 heteroatoms. The van der Waals surface area contributed by atoms with Crippen LogP contribution in [-0.2, 0) is 29.1 Å². The summed E-state index contributed by atoms with van der Waals surface area (Å²) in [6, 6.07) is -3.16. The van der Waals surface area contributed by atoms with Crippen molar-refractivity contribution in [1.29, 1.82) is 0 Å². The molecule has 0 aromatic carbocycles. The molecule has 3 heterocycles. The van der Waals surface area contributed by atoms with E-state index in [2.05, 4.69) is 20.5 Å². The van der Waals surface area contributed by atoms with Gasteiger partial charge < -0.3 is 10.2 Å². The van der Waals surface area contributed by atoms with Crippen molar-refractivity contribution in [2.75, 3.05) is 6.54 Å². The summed E-state index contributed by atoms with van der Waals surface area (Å²) in [6.45, 7) is 0.0407. The Hall–Kier alpha value is -1.45. The fourth-order valence-electron chi connectivity index (χ4n) is 3.21. The van der Waals surface area contributed by atoms with Gasteiger partial charge in [0.2, 0.25) is 5.91 Å². The number of carbonyl (C=O) groups excluding carboxylic acids is 4. The van der Waals surface area contributed by atoms with Crippen molar-refractivity contribution in [1.82, 2.24) is 26.1 Å². The maximum absolute atomic E-state index is 12.3. The molecule has 0 aromatic heterocycles. The summed E-state index contributed by atoms with van der Waals surface area (Å²) in [5.74, 6) is -1.50. The molecule has 2 bridgehead atoms. The predicted molar refractivity (Wildman–Crippen MR) is 86.6 cm³/mol. The molecule has 0 unspecified atom stereocenters. The van der Waals surface area contributed by atoms with Crippen molar-refractivity contribution in [2.45, 2.75) is 43.8 Å². The van der Waals surface area contributed by atoms with E-state index in [-0.39, 0.29) is 61.3 Å². The summed E-state index contributed by atoms with van der Waals surface area (Å²) in [5, 5.41) is 2.97. The molecule has 27 heavy (non-hydrogen) atoms. The number of hydroxylamine groups is 2. The van der Waals surface area contributed by atoms with Crippen LogP contribution in [0.4, 0.5) is 4.79 Å². The number of nitrogens with one attached hydrogen (secondary N) is 3. The molecule has 0 aliphatic carbocycles. The topological polar surface area (TPSA) is 174 Å². The number of fused-ring (bicyclic) bond motifs is 2. The molecular formula is C12H17N5NaO8S. The molecular weight excluding hydrogens is 397 g/mol. The number of nitrogens with zero attached hydrogens (tertiary/aromatic N) is 2. The summed E-state index contributed by atoms with van der Waals surface area (Å²) in [5.41, 5.74) is 4.39. The Bertz CT molecular complexity index is 761. The molecule has 0 aromatic rings. The fraction of sp³-hybridized carbons (Fsp3) is 0.667. The van der Waals surface area contributed by atoms with E-state index < -0.39 is 46.4 Å². The minimum absolute atomic E-state index is 0. The maximum Gasteiger partial charge on any atom is 0.418 e. The second-order valence-electron chi connectivity index (χ2n) is 6.15. The van der Waals surface area contributed by atoms with Crippen LogP contribution >= 0.6 is 0 Å². The molecule has 0 spiro atoms. The number of hydrogen-bond acceptors (Lipinski definition) is 7. The van der Waals surface area contributed by atoms with Gasteiger partial charge in [-0.05, 0) is 19.3 Å². The molecule has 145 valence electrons. The first kappa shape index (κ1) is 21.8. The van der Waals surface area contributed by atoms with Crippen molar-refractivity contribution < 1.29 is 36.4 Å².